The number of nitrogens with zero attached hydrogens (tertiary/aromatic N) is 2. The number of aryl methyl sites for hydroxylation is 1. The van der Waals surface area contributed by atoms with Crippen LogP contribution in [0.25, 0.3) is 0 Å². The van der Waals surface area contributed by atoms with E-state index in [4.69, 9.17) is 4.74 Å². The summed E-state index contributed by atoms with van der Waals surface area (Å²) in [6.45, 7) is 12.0. The fourth-order valence-corrected chi connectivity index (χ4v) is 2.93. The molecule has 0 spiro atoms. The van der Waals surface area contributed by atoms with Crippen LogP contribution < -0.4 is 10.2 Å². The summed E-state index contributed by atoms with van der Waals surface area (Å²) in [6.07, 6.45) is 1.16. The van der Waals surface area contributed by atoms with E-state index in [1.807, 2.05) is 6.92 Å². The number of hydrogen-bond acceptors (Lipinski definition) is 5. The Kier molecular flexibility index (Phi) is 7.34. The first-order chi connectivity index (χ1) is 9.10. The summed E-state index contributed by atoms with van der Waals surface area (Å²) < 4.78 is 5.39. The summed E-state index contributed by atoms with van der Waals surface area (Å²) in [5.74, 6) is 0. The second-order valence-electron chi connectivity index (χ2n) is 4.74. The Morgan fingerprint density at radius 3 is 2.79 bits per heavy atom. The molecule has 1 heterocycles. The molecule has 1 aromatic heterocycles. The van der Waals surface area contributed by atoms with Crippen molar-refractivity contribution in [2.45, 2.75) is 40.2 Å². The molecule has 1 rings (SSSR count). The van der Waals surface area contributed by atoms with E-state index in [2.05, 4.69) is 43.0 Å². The number of nitrogens with one attached hydrogen (secondary N) is 1. The number of anilines is 1. The molecule has 1 unspecified atom stereocenters. The smallest absolute Gasteiger partial charge is 0.185 e. The summed E-state index contributed by atoms with van der Waals surface area (Å²) in [7, 11) is 2.07. The van der Waals surface area contributed by atoms with Gasteiger partial charge in [-0.1, -0.05) is 6.92 Å². The third kappa shape index (κ3) is 5.09. The van der Waals surface area contributed by atoms with E-state index in [9.17, 15) is 0 Å². The molecular weight excluding hydrogens is 258 g/mol. The quantitative estimate of drug-likeness (QED) is 0.708. The Balaban J connectivity index is 2.61. The Morgan fingerprint density at radius 2 is 2.16 bits per heavy atom. The molecule has 0 aromatic carbocycles. The Bertz CT molecular complexity index is 368. The second kappa shape index (κ2) is 8.51. The van der Waals surface area contributed by atoms with Crippen molar-refractivity contribution < 1.29 is 4.74 Å². The maximum absolute atomic E-state index is 5.39. The van der Waals surface area contributed by atoms with Crippen molar-refractivity contribution in [3.05, 3.63) is 10.6 Å². The minimum Gasteiger partial charge on any atom is -0.380 e. The van der Waals surface area contributed by atoms with Crippen LogP contribution in [0, 0.1) is 6.92 Å². The first-order valence-electron chi connectivity index (χ1n) is 7.09. The average Bonchev–Trinajstić information content (AvgIpc) is 2.78. The molecule has 0 radical (unpaired) electrons. The predicted molar refractivity (Wildman–Crippen MR) is 83.3 cm³/mol. The second-order valence-corrected chi connectivity index (χ2v) is 5.75. The molecule has 0 amide bonds. The van der Waals surface area contributed by atoms with Crippen molar-refractivity contribution in [2.24, 2.45) is 0 Å². The molecule has 0 aliphatic rings. The van der Waals surface area contributed by atoms with Crippen LogP contribution in [-0.2, 0) is 4.74 Å². The first-order valence-corrected chi connectivity index (χ1v) is 7.91. The standard InChI is InChI=1S/C14H27N3OS/c1-6-8-15-11(3)13-12(4)16-14(19-13)17(5)9-10-18-7-2/h11,15H,6-10H2,1-5H3. The summed E-state index contributed by atoms with van der Waals surface area (Å²) in [5.41, 5.74) is 1.14. The highest BCUT2D eigenvalue weighted by molar-refractivity contribution is 7.15. The van der Waals surface area contributed by atoms with Gasteiger partial charge in [0.25, 0.3) is 0 Å². The van der Waals surface area contributed by atoms with Crippen molar-refractivity contribution in [3.63, 3.8) is 0 Å². The van der Waals surface area contributed by atoms with Gasteiger partial charge in [-0.15, -0.1) is 11.3 Å². The van der Waals surface area contributed by atoms with Gasteiger partial charge in [-0.2, -0.15) is 0 Å². The maximum atomic E-state index is 5.39. The van der Waals surface area contributed by atoms with Gasteiger partial charge in [-0.05, 0) is 33.7 Å². The fraction of sp³-hybridized carbons (Fsp3) is 0.786. The highest BCUT2D eigenvalue weighted by Gasteiger charge is 2.15. The topological polar surface area (TPSA) is 37.4 Å². The lowest BCUT2D eigenvalue weighted by Gasteiger charge is -2.15. The molecule has 0 aliphatic heterocycles. The molecule has 110 valence electrons. The molecule has 0 bridgehead atoms. The van der Waals surface area contributed by atoms with E-state index in [0.717, 1.165) is 43.5 Å². The van der Waals surface area contributed by atoms with Gasteiger partial charge in [-0.3, -0.25) is 0 Å². The van der Waals surface area contributed by atoms with Crippen molar-refractivity contribution in [1.82, 2.24) is 10.3 Å². The summed E-state index contributed by atoms with van der Waals surface area (Å²) >= 11 is 1.78. The lowest BCUT2D eigenvalue weighted by atomic mass is 10.2. The zero-order chi connectivity index (χ0) is 14.3. The summed E-state index contributed by atoms with van der Waals surface area (Å²) in [6, 6.07) is 0.381. The molecule has 1 N–H and O–H groups in total. The molecule has 0 aliphatic carbocycles. The van der Waals surface area contributed by atoms with Crippen LogP contribution in [0.2, 0.25) is 0 Å². The highest BCUT2D eigenvalue weighted by Crippen LogP contribution is 2.30. The van der Waals surface area contributed by atoms with E-state index in [1.165, 1.54) is 4.88 Å². The monoisotopic (exact) mass is 285 g/mol. The minimum absolute atomic E-state index is 0.381. The molecule has 0 saturated carbocycles. The highest BCUT2D eigenvalue weighted by atomic mass is 32.1. The average molecular weight is 285 g/mol. The van der Waals surface area contributed by atoms with Crippen molar-refractivity contribution in [1.29, 1.82) is 0 Å². The normalized spacial score (nSPS) is 12.7. The van der Waals surface area contributed by atoms with Crippen LogP contribution in [0.4, 0.5) is 5.13 Å². The summed E-state index contributed by atoms with van der Waals surface area (Å²) in [5, 5.41) is 4.60. The molecular formula is C14H27N3OS. The van der Waals surface area contributed by atoms with Gasteiger partial charge in [-0.25, -0.2) is 4.98 Å². The van der Waals surface area contributed by atoms with Gasteiger partial charge in [0.05, 0.1) is 12.3 Å². The SMILES string of the molecule is CCCNC(C)c1sc(N(C)CCOCC)nc1C. The van der Waals surface area contributed by atoms with E-state index in [-0.39, 0.29) is 0 Å². The van der Waals surface area contributed by atoms with Crippen molar-refractivity contribution in [3.8, 4) is 0 Å². The molecule has 1 aromatic rings. The molecule has 0 fully saturated rings. The third-order valence-electron chi connectivity index (χ3n) is 3.02. The number of rotatable bonds is 9. The predicted octanol–water partition coefficient (Wildman–Crippen LogP) is 2.98. The van der Waals surface area contributed by atoms with E-state index in [0.29, 0.717) is 6.04 Å². The van der Waals surface area contributed by atoms with Gasteiger partial charge in [0, 0.05) is 31.1 Å². The van der Waals surface area contributed by atoms with Gasteiger partial charge in [0.1, 0.15) is 0 Å². The first kappa shape index (κ1) is 16.4. The fourth-order valence-electron chi connectivity index (χ4n) is 1.85. The Morgan fingerprint density at radius 1 is 1.42 bits per heavy atom. The number of likely N-dealkylation sites (N-methyl/N-ethyl adjacent to an activating group) is 1. The molecule has 19 heavy (non-hydrogen) atoms. The van der Waals surface area contributed by atoms with Gasteiger partial charge in [0.2, 0.25) is 0 Å². The molecule has 0 saturated heterocycles. The zero-order valence-electron chi connectivity index (χ0n) is 12.8. The molecule has 4 nitrogen and oxygen atoms in total. The summed E-state index contributed by atoms with van der Waals surface area (Å²) in [4.78, 5) is 8.18. The number of aromatic nitrogens is 1. The lowest BCUT2D eigenvalue weighted by molar-refractivity contribution is 0.154. The van der Waals surface area contributed by atoms with Crippen LogP contribution in [0.1, 0.15) is 43.8 Å². The van der Waals surface area contributed by atoms with Crippen LogP contribution in [0.3, 0.4) is 0 Å². The van der Waals surface area contributed by atoms with E-state index >= 15 is 0 Å². The maximum Gasteiger partial charge on any atom is 0.185 e. The van der Waals surface area contributed by atoms with Crippen LogP contribution in [0.15, 0.2) is 0 Å². The van der Waals surface area contributed by atoms with Crippen molar-refractivity contribution in [2.75, 3.05) is 38.3 Å². The molecule has 5 heteroatoms. The third-order valence-corrected chi connectivity index (χ3v) is 4.47. The van der Waals surface area contributed by atoms with Crippen LogP contribution in [-0.4, -0.2) is 38.3 Å². The van der Waals surface area contributed by atoms with Crippen molar-refractivity contribution >= 4 is 16.5 Å². The Labute approximate surface area is 121 Å². The largest absolute Gasteiger partial charge is 0.380 e. The number of hydrogen-bond donors (Lipinski definition) is 1. The minimum atomic E-state index is 0.381. The Hall–Kier alpha value is -0.650. The van der Waals surface area contributed by atoms with E-state index < -0.39 is 0 Å². The van der Waals surface area contributed by atoms with E-state index in [1.54, 1.807) is 11.3 Å². The molecule has 1 atom stereocenters. The van der Waals surface area contributed by atoms with Crippen LogP contribution >= 0.6 is 11.3 Å². The zero-order valence-corrected chi connectivity index (χ0v) is 13.6. The lowest BCUT2D eigenvalue weighted by Crippen LogP contribution is -2.22. The number of ether oxygens (including phenoxy) is 1. The number of thiazole rings is 1. The van der Waals surface area contributed by atoms with Gasteiger partial charge >= 0.3 is 0 Å². The van der Waals surface area contributed by atoms with Gasteiger partial charge in [0.15, 0.2) is 5.13 Å². The van der Waals surface area contributed by atoms with Gasteiger partial charge < -0.3 is 15.0 Å². The van der Waals surface area contributed by atoms with Crippen LogP contribution in [0.5, 0.6) is 0 Å².